The summed E-state index contributed by atoms with van der Waals surface area (Å²) in [5.74, 6) is -0.0834. The number of carbonyl (C=O) groups is 2. The van der Waals surface area contributed by atoms with Crippen LogP contribution < -0.4 is 14.2 Å². The van der Waals surface area contributed by atoms with Gasteiger partial charge in [-0.1, -0.05) is 12.1 Å². The number of Topliss-reactive ketones (excluding diaryl/α,β-unsaturated/α-hetero) is 1. The zero-order chi connectivity index (χ0) is 24.9. The molecule has 9 nitrogen and oxygen atoms in total. The second-order valence-corrected chi connectivity index (χ2v) is 8.29. The van der Waals surface area contributed by atoms with E-state index in [0.717, 1.165) is 13.1 Å². The summed E-state index contributed by atoms with van der Waals surface area (Å²) in [6, 6.07) is 11.3. The number of ketones is 1. The zero-order valence-corrected chi connectivity index (χ0v) is 20.2. The first-order valence-electron chi connectivity index (χ1n) is 11.4. The highest BCUT2D eigenvalue weighted by atomic mass is 16.5. The Morgan fingerprint density at radius 2 is 1.63 bits per heavy atom. The molecule has 0 spiro atoms. The first-order chi connectivity index (χ1) is 17.0. The lowest BCUT2D eigenvalue weighted by molar-refractivity contribution is -0.140. The number of amides is 1. The van der Waals surface area contributed by atoms with Crippen molar-refractivity contribution in [2.24, 2.45) is 0 Å². The second kappa shape index (κ2) is 10.8. The van der Waals surface area contributed by atoms with Gasteiger partial charge in [0.25, 0.3) is 11.7 Å². The molecule has 2 aromatic carbocycles. The van der Waals surface area contributed by atoms with Crippen molar-refractivity contribution in [1.29, 1.82) is 0 Å². The highest BCUT2D eigenvalue weighted by Gasteiger charge is 2.46. The molecule has 35 heavy (non-hydrogen) atoms. The number of hydrogen-bond acceptors (Lipinski definition) is 8. The number of likely N-dealkylation sites (tertiary alicyclic amines) is 1. The molecule has 2 aliphatic rings. The average Bonchev–Trinajstić information content (AvgIpc) is 3.16. The largest absolute Gasteiger partial charge is 0.507 e. The van der Waals surface area contributed by atoms with Crippen molar-refractivity contribution in [2.75, 3.05) is 60.7 Å². The van der Waals surface area contributed by atoms with E-state index < -0.39 is 17.7 Å². The molecule has 1 N–H and O–H groups in total. The van der Waals surface area contributed by atoms with Gasteiger partial charge in [-0.15, -0.1) is 0 Å². The van der Waals surface area contributed by atoms with Crippen LogP contribution in [0.4, 0.5) is 0 Å². The zero-order valence-electron chi connectivity index (χ0n) is 20.2. The summed E-state index contributed by atoms with van der Waals surface area (Å²) in [5.41, 5.74) is 1.09. The molecule has 0 unspecified atom stereocenters. The van der Waals surface area contributed by atoms with Crippen LogP contribution in [0.25, 0.3) is 5.76 Å². The van der Waals surface area contributed by atoms with Crippen molar-refractivity contribution >= 4 is 17.4 Å². The van der Waals surface area contributed by atoms with E-state index in [1.54, 1.807) is 49.6 Å². The number of rotatable bonds is 8. The smallest absolute Gasteiger partial charge is 0.295 e. The Morgan fingerprint density at radius 1 is 0.943 bits per heavy atom. The van der Waals surface area contributed by atoms with Gasteiger partial charge in [0.2, 0.25) is 0 Å². The fraction of sp³-hybridized carbons (Fsp3) is 0.385. The summed E-state index contributed by atoms with van der Waals surface area (Å²) < 4.78 is 21.3. The Kier molecular flexibility index (Phi) is 7.57. The van der Waals surface area contributed by atoms with Crippen molar-refractivity contribution in [3.8, 4) is 17.2 Å². The minimum atomic E-state index is -0.741. The van der Waals surface area contributed by atoms with E-state index in [-0.39, 0.29) is 11.3 Å². The van der Waals surface area contributed by atoms with E-state index in [1.807, 2.05) is 0 Å². The lowest BCUT2D eigenvalue weighted by atomic mass is 9.95. The lowest BCUT2D eigenvalue weighted by Gasteiger charge is -2.31. The molecule has 0 bridgehead atoms. The molecule has 0 aliphatic carbocycles. The number of methoxy groups -OCH3 is 3. The second-order valence-electron chi connectivity index (χ2n) is 8.29. The Balaban J connectivity index is 1.75. The van der Waals surface area contributed by atoms with Gasteiger partial charge >= 0.3 is 0 Å². The van der Waals surface area contributed by atoms with Crippen LogP contribution in [0, 0.1) is 0 Å². The fourth-order valence-corrected chi connectivity index (χ4v) is 4.46. The summed E-state index contributed by atoms with van der Waals surface area (Å²) in [5, 5.41) is 11.3. The van der Waals surface area contributed by atoms with Gasteiger partial charge in [0.05, 0.1) is 46.2 Å². The normalized spacial score (nSPS) is 20.2. The molecule has 0 radical (unpaired) electrons. The third-order valence-electron chi connectivity index (χ3n) is 6.39. The Hall–Kier alpha value is -3.56. The number of nitrogens with zero attached hydrogens (tertiary/aromatic N) is 2. The van der Waals surface area contributed by atoms with E-state index >= 15 is 0 Å². The standard InChI is InChI=1S/C26H30N2O7/c1-32-19-7-4-17(5-8-19)23-22(24(29)18-6-9-20(33-2)21(16-18)34-3)25(30)26(31)28(23)11-10-27-12-14-35-15-13-27/h4-9,16,23,29H,10-15H2,1-3H3/t23-/m1/s1. The summed E-state index contributed by atoms with van der Waals surface area (Å²) >= 11 is 0. The van der Waals surface area contributed by atoms with E-state index in [4.69, 9.17) is 18.9 Å². The van der Waals surface area contributed by atoms with E-state index in [2.05, 4.69) is 4.90 Å². The summed E-state index contributed by atoms with van der Waals surface area (Å²) in [4.78, 5) is 30.1. The molecule has 186 valence electrons. The van der Waals surface area contributed by atoms with Gasteiger partial charge in [0.1, 0.15) is 11.5 Å². The van der Waals surface area contributed by atoms with Crippen LogP contribution in [0.1, 0.15) is 17.2 Å². The predicted molar refractivity (Wildman–Crippen MR) is 129 cm³/mol. The van der Waals surface area contributed by atoms with Gasteiger partial charge in [0.15, 0.2) is 11.5 Å². The van der Waals surface area contributed by atoms with Crippen LogP contribution in [0.15, 0.2) is 48.0 Å². The molecule has 2 fully saturated rings. The Bertz CT molecular complexity index is 1110. The van der Waals surface area contributed by atoms with Crippen molar-refractivity contribution < 1.29 is 33.6 Å². The van der Waals surface area contributed by atoms with Gasteiger partial charge in [0, 0.05) is 31.7 Å². The molecule has 0 aromatic heterocycles. The monoisotopic (exact) mass is 482 g/mol. The minimum Gasteiger partial charge on any atom is -0.507 e. The molecule has 2 heterocycles. The summed E-state index contributed by atoms with van der Waals surface area (Å²) in [6.07, 6.45) is 0. The predicted octanol–water partition coefficient (Wildman–Crippen LogP) is 2.47. The lowest BCUT2D eigenvalue weighted by Crippen LogP contribution is -2.42. The van der Waals surface area contributed by atoms with Crippen LogP contribution >= 0.6 is 0 Å². The van der Waals surface area contributed by atoms with E-state index in [9.17, 15) is 14.7 Å². The van der Waals surface area contributed by atoms with Crippen molar-refractivity contribution in [2.45, 2.75) is 6.04 Å². The van der Waals surface area contributed by atoms with Gasteiger partial charge < -0.3 is 29.0 Å². The molecule has 1 amide bonds. The molecule has 2 aliphatic heterocycles. The first-order valence-corrected chi connectivity index (χ1v) is 11.4. The highest BCUT2D eigenvalue weighted by Crippen LogP contribution is 2.41. The van der Waals surface area contributed by atoms with Crippen LogP contribution in [0.2, 0.25) is 0 Å². The van der Waals surface area contributed by atoms with Gasteiger partial charge in [-0.2, -0.15) is 0 Å². The van der Waals surface area contributed by atoms with Crippen molar-refractivity contribution in [3.05, 3.63) is 59.2 Å². The molecule has 9 heteroatoms. The summed E-state index contributed by atoms with van der Waals surface area (Å²) in [7, 11) is 4.57. The summed E-state index contributed by atoms with van der Waals surface area (Å²) in [6.45, 7) is 3.75. The molecular formula is C26H30N2O7. The van der Waals surface area contributed by atoms with Crippen LogP contribution in [0.5, 0.6) is 17.2 Å². The molecule has 1 atom stereocenters. The van der Waals surface area contributed by atoms with Gasteiger partial charge in [-0.25, -0.2) is 0 Å². The SMILES string of the molecule is COc1ccc([C@@H]2C(=C(O)c3ccc(OC)c(OC)c3)C(=O)C(=O)N2CCN2CCOCC2)cc1. The van der Waals surface area contributed by atoms with Crippen molar-refractivity contribution in [1.82, 2.24) is 9.80 Å². The maximum Gasteiger partial charge on any atom is 0.295 e. The quantitative estimate of drug-likeness (QED) is 0.348. The molecule has 2 saturated heterocycles. The number of benzene rings is 2. The number of ether oxygens (including phenoxy) is 4. The molecule has 4 rings (SSSR count). The highest BCUT2D eigenvalue weighted by molar-refractivity contribution is 6.46. The van der Waals surface area contributed by atoms with E-state index in [0.29, 0.717) is 54.7 Å². The number of carbonyl (C=O) groups excluding carboxylic acids is 2. The van der Waals surface area contributed by atoms with Crippen molar-refractivity contribution in [3.63, 3.8) is 0 Å². The topological polar surface area (TPSA) is 97.8 Å². The first kappa shape index (κ1) is 24.6. The van der Waals surface area contributed by atoms with Gasteiger partial charge in [-0.3, -0.25) is 14.5 Å². The Labute approximate surface area is 204 Å². The Morgan fingerprint density at radius 3 is 2.26 bits per heavy atom. The molecule has 0 saturated carbocycles. The van der Waals surface area contributed by atoms with Gasteiger partial charge in [-0.05, 0) is 35.9 Å². The molecule has 2 aromatic rings. The number of aliphatic hydroxyl groups excluding tert-OH is 1. The third kappa shape index (κ3) is 4.96. The van der Waals surface area contributed by atoms with E-state index in [1.165, 1.54) is 19.1 Å². The number of hydrogen-bond donors (Lipinski definition) is 1. The average molecular weight is 483 g/mol. The fourth-order valence-electron chi connectivity index (χ4n) is 4.46. The van der Waals surface area contributed by atoms with Crippen LogP contribution in [-0.2, 0) is 14.3 Å². The van der Waals surface area contributed by atoms with Crippen LogP contribution in [0.3, 0.4) is 0 Å². The minimum absolute atomic E-state index is 0.0364. The maximum atomic E-state index is 13.2. The number of morpholine rings is 1. The maximum absolute atomic E-state index is 13.2. The third-order valence-corrected chi connectivity index (χ3v) is 6.39. The molecular weight excluding hydrogens is 452 g/mol. The number of aliphatic hydroxyl groups is 1. The van der Waals surface area contributed by atoms with Crippen LogP contribution in [-0.4, -0.2) is 87.3 Å².